The standard InChI is InChI=1S/C14H13ClN4O/c15-13-10(9-17)5-7-18-14(13)19-11-1-3-12(4-2-11)20-8-6-16/h1-5,7H,6,8,16H2,(H,18,19). The molecule has 1 aromatic carbocycles. The smallest absolute Gasteiger partial charge is 0.150 e. The number of nitrogens with zero attached hydrogens (tertiary/aromatic N) is 2. The van der Waals surface area contributed by atoms with E-state index in [9.17, 15) is 0 Å². The molecular formula is C14H13ClN4O. The number of nitrogens with two attached hydrogens (primary N) is 1. The molecule has 0 unspecified atom stereocenters. The first-order chi connectivity index (χ1) is 9.74. The molecule has 0 atom stereocenters. The summed E-state index contributed by atoms with van der Waals surface area (Å²) in [5.41, 5.74) is 6.55. The van der Waals surface area contributed by atoms with E-state index in [0.717, 1.165) is 11.4 Å². The van der Waals surface area contributed by atoms with Gasteiger partial charge in [0.15, 0.2) is 5.82 Å². The van der Waals surface area contributed by atoms with Gasteiger partial charge in [-0.2, -0.15) is 5.26 Å². The first-order valence-corrected chi connectivity index (χ1v) is 6.37. The molecule has 0 saturated carbocycles. The maximum absolute atomic E-state index is 8.91. The fraction of sp³-hybridized carbons (Fsp3) is 0.143. The highest BCUT2D eigenvalue weighted by molar-refractivity contribution is 6.34. The zero-order valence-electron chi connectivity index (χ0n) is 10.6. The quantitative estimate of drug-likeness (QED) is 0.883. The van der Waals surface area contributed by atoms with Crippen LogP contribution in [0.25, 0.3) is 0 Å². The van der Waals surface area contributed by atoms with Crippen LogP contribution in [0.2, 0.25) is 5.02 Å². The van der Waals surface area contributed by atoms with Crippen molar-refractivity contribution in [3.8, 4) is 11.8 Å². The van der Waals surface area contributed by atoms with Crippen molar-refractivity contribution in [2.45, 2.75) is 0 Å². The maximum Gasteiger partial charge on any atom is 0.150 e. The van der Waals surface area contributed by atoms with Gasteiger partial charge >= 0.3 is 0 Å². The molecule has 0 saturated heterocycles. The number of anilines is 2. The van der Waals surface area contributed by atoms with Gasteiger partial charge in [-0.3, -0.25) is 0 Å². The largest absolute Gasteiger partial charge is 0.492 e. The van der Waals surface area contributed by atoms with Crippen molar-refractivity contribution in [1.29, 1.82) is 5.26 Å². The molecule has 5 nitrogen and oxygen atoms in total. The molecule has 6 heteroatoms. The first kappa shape index (κ1) is 14.1. The second kappa shape index (κ2) is 6.75. The molecule has 1 aromatic heterocycles. The lowest BCUT2D eigenvalue weighted by Gasteiger charge is -2.09. The Morgan fingerprint density at radius 1 is 1.30 bits per heavy atom. The summed E-state index contributed by atoms with van der Waals surface area (Å²) in [7, 11) is 0. The molecular weight excluding hydrogens is 276 g/mol. The Morgan fingerprint density at radius 2 is 2.05 bits per heavy atom. The van der Waals surface area contributed by atoms with Crippen LogP contribution in [0, 0.1) is 11.3 Å². The maximum atomic E-state index is 8.91. The van der Waals surface area contributed by atoms with Crippen molar-refractivity contribution in [3.05, 3.63) is 47.1 Å². The summed E-state index contributed by atoms with van der Waals surface area (Å²) in [5, 5.41) is 12.3. The van der Waals surface area contributed by atoms with Crippen molar-refractivity contribution < 1.29 is 4.74 Å². The molecule has 0 aliphatic carbocycles. The number of benzene rings is 1. The number of nitriles is 1. The molecule has 0 amide bonds. The average Bonchev–Trinajstić information content (AvgIpc) is 2.48. The second-order valence-corrected chi connectivity index (χ2v) is 4.30. The summed E-state index contributed by atoms with van der Waals surface area (Å²) in [6, 6.07) is 10.9. The number of halogens is 1. The molecule has 20 heavy (non-hydrogen) atoms. The van der Waals surface area contributed by atoms with Gasteiger partial charge in [0, 0.05) is 18.4 Å². The highest BCUT2D eigenvalue weighted by Crippen LogP contribution is 2.26. The van der Waals surface area contributed by atoms with Gasteiger partial charge in [0.1, 0.15) is 23.4 Å². The fourth-order valence-corrected chi connectivity index (χ4v) is 1.77. The van der Waals surface area contributed by atoms with E-state index in [4.69, 9.17) is 27.3 Å². The highest BCUT2D eigenvalue weighted by Gasteiger charge is 2.07. The van der Waals surface area contributed by atoms with E-state index in [0.29, 0.717) is 29.6 Å². The molecule has 2 aromatic rings. The molecule has 0 spiro atoms. The van der Waals surface area contributed by atoms with Gasteiger partial charge < -0.3 is 15.8 Å². The van der Waals surface area contributed by atoms with Gasteiger partial charge in [-0.25, -0.2) is 4.98 Å². The van der Waals surface area contributed by atoms with Crippen LogP contribution in [0.5, 0.6) is 5.75 Å². The van der Waals surface area contributed by atoms with E-state index >= 15 is 0 Å². The lowest BCUT2D eigenvalue weighted by Crippen LogP contribution is -2.10. The third kappa shape index (κ3) is 3.38. The normalized spacial score (nSPS) is 9.85. The zero-order valence-corrected chi connectivity index (χ0v) is 11.4. The van der Waals surface area contributed by atoms with E-state index in [1.54, 1.807) is 6.07 Å². The predicted molar refractivity (Wildman–Crippen MR) is 78.2 cm³/mol. The van der Waals surface area contributed by atoms with Crippen molar-refractivity contribution >= 4 is 23.1 Å². The summed E-state index contributed by atoms with van der Waals surface area (Å²) >= 11 is 6.07. The molecule has 0 bridgehead atoms. The summed E-state index contributed by atoms with van der Waals surface area (Å²) < 4.78 is 5.38. The highest BCUT2D eigenvalue weighted by atomic mass is 35.5. The molecule has 0 radical (unpaired) electrons. The monoisotopic (exact) mass is 288 g/mol. The molecule has 3 N–H and O–H groups in total. The third-order valence-corrected chi connectivity index (χ3v) is 2.90. The molecule has 0 fully saturated rings. The fourth-order valence-electron chi connectivity index (χ4n) is 1.57. The second-order valence-electron chi connectivity index (χ2n) is 3.92. The van der Waals surface area contributed by atoms with Crippen molar-refractivity contribution in [1.82, 2.24) is 4.98 Å². The van der Waals surface area contributed by atoms with Crippen LogP contribution in [-0.2, 0) is 0 Å². The number of rotatable bonds is 5. The van der Waals surface area contributed by atoms with Crippen LogP contribution in [0.3, 0.4) is 0 Å². The number of ether oxygens (including phenoxy) is 1. The third-order valence-electron chi connectivity index (χ3n) is 2.51. The minimum Gasteiger partial charge on any atom is -0.492 e. The average molecular weight is 289 g/mol. The number of hydrogen-bond acceptors (Lipinski definition) is 5. The van der Waals surface area contributed by atoms with Gasteiger partial charge in [-0.1, -0.05) is 11.6 Å². The summed E-state index contributed by atoms with van der Waals surface area (Å²) in [6.07, 6.45) is 1.53. The van der Waals surface area contributed by atoms with E-state index in [1.807, 2.05) is 30.3 Å². The van der Waals surface area contributed by atoms with Gasteiger partial charge in [-0.05, 0) is 30.3 Å². The number of pyridine rings is 1. The van der Waals surface area contributed by atoms with Crippen LogP contribution in [0.4, 0.5) is 11.5 Å². The SMILES string of the molecule is N#Cc1ccnc(Nc2ccc(OCCN)cc2)c1Cl. The first-order valence-electron chi connectivity index (χ1n) is 5.99. The van der Waals surface area contributed by atoms with Crippen molar-refractivity contribution in [3.63, 3.8) is 0 Å². The van der Waals surface area contributed by atoms with Crippen molar-refractivity contribution in [2.75, 3.05) is 18.5 Å². The van der Waals surface area contributed by atoms with Gasteiger partial charge in [0.25, 0.3) is 0 Å². The summed E-state index contributed by atoms with van der Waals surface area (Å²) in [6.45, 7) is 0.949. The van der Waals surface area contributed by atoms with Crippen LogP contribution in [0.15, 0.2) is 36.5 Å². The Balaban J connectivity index is 2.13. The molecule has 0 aliphatic rings. The Hall–Kier alpha value is -2.29. The lowest BCUT2D eigenvalue weighted by molar-refractivity contribution is 0.328. The Morgan fingerprint density at radius 3 is 2.70 bits per heavy atom. The molecule has 102 valence electrons. The van der Waals surface area contributed by atoms with Crippen molar-refractivity contribution in [2.24, 2.45) is 5.73 Å². The number of nitrogens with one attached hydrogen (secondary N) is 1. The minimum atomic E-state index is 0.304. The number of aromatic nitrogens is 1. The van der Waals surface area contributed by atoms with E-state index < -0.39 is 0 Å². The number of hydrogen-bond donors (Lipinski definition) is 2. The van der Waals surface area contributed by atoms with E-state index in [-0.39, 0.29) is 0 Å². The predicted octanol–water partition coefficient (Wildman–Crippen LogP) is 2.69. The Kier molecular flexibility index (Phi) is 4.77. The van der Waals surface area contributed by atoms with Gasteiger partial charge in [-0.15, -0.1) is 0 Å². The lowest BCUT2D eigenvalue weighted by atomic mass is 10.2. The van der Waals surface area contributed by atoms with Crippen LogP contribution in [-0.4, -0.2) is 18.1 Å². The Bertz CT molecular complexity index is 622. The van der Waals surface area contributed by atoms with Crippen LogP contribution in [0.1, 0.15) is 5.56 Å². The summed E-state index contributed by atoms with van der Waals surface area (Å²) in [5.74, 6) is 1.19. The molecule has 2 rings (SSSR count). The molecule has 0 aliphatic heterocycles. The van der Waals surface area contributed by atoms with E-state index in [2.05, 4.69) is 10.3 Å². The van der Waals surface area contributed by atoms with Crippen LogP contribution >= 0.6 is 11.6 Å². The molecule has 1 heterocycles. The van der Waals surface area contributed by atoms with Gasteiger partial charge in [0.05, 0.1) is 5.56 Å². The van der Waals surface area contributed by atoms with Gasteiger partial charge in [0.2, 0.25) is 0 Å². The topological polar surface area (TPSA) is 84.0 Å². The minimum absolute atomic E-state index is 0.304. The Labute approximate surface area is 122 Å². The van der Waals surface area contributed by atoms with Crippen LogP contribution < -0.4 is 15.8 Å². The zero-order chi connectivity index (χ0) is 14.4. The summed E-state index contributed by atoms with van der Waals surface area (Å²) in [4.78, 5) is 4.11. The van der Waals surface area contributed by atoms with E-state index in [1.165, 1.54) is 6.20 Å².